The summed E-state index contributed by atoms with van der Waals surface area (Å²) in [4.78, 5) is 10.7. The van der Waals surface area contributed by atoms with Gasteiger partial charge in [0.05, 0.1) is 4.92 Å². The zero-order valence-corrected chi connectivity index (χ0v) is 12.0. The van der Waals surface area contributed by atoms with Crippen LogP contribution in [0.2, 0.25) is 0 Å². The molecule has 1 aliphatic carbocycles. The van der Waals surface area contributed by atoms with E-state index in [1.165, 1.54) is 38.5 Å². The van der Waals surface area contributed by atoms with Crippen LogP contribution in [-0.2, 0) is 6.42 Å². The highest BCUT2D eigenvalue weighted by Gasteiger charge is 2.19. The van der Waals surface area contributed by atoms with Gasteiger partial charge in [-0.1, -0.05) is 56.7 Å². The lowest BCUT2D eigenvalue weighted by Gasteiger charge is -2.19. The van der Waals surface area contributed by atoms with Crippen LogP contribution < -0.4 is 5.73 Å². The number of nitro benzene ring substituents is 1. The number of benzene rings is 1. The van der Waals surface area contributed by atoms with Crippen LogP contribution in [0.5, 0.6) is 0 Å². The van der Waals surface area contributed by atoms with Crippen molar-refractivity contribution >= 4 is 5.69 Å². The number of rotatable bonds is 5. The molecule has 1 fully saturated rings. The van der Waals surface area contributed by atoms with Crippen molar-refractivity contribution in [2.45, 2.75) is 57.4 Å². The quantitative estimate of drug-likeness (QED) is 0.505. The Balaban J connectivity index is 1.93. The summed E-state index contributed by atoms with van der Waals surface area (Å²) in [5, 5.41) is 11.0. The molecule has 4 nitrogen and oxygen atoms in total. The van der Waals surface area contributed by atoms with Gasteiger partial charge in [-0.05, 0) is 18.8 Å². The lowest BCUT2D eigenvalue weighted by Crippen LogP contribution is -2.26. The van der Waals surface area contributed by atoms with Crippen LogP contribution in [0.25, 0.3) is 0 Å². The molecule has 2 rings (SSSR count). The van der Waals surface area contributed by atoms with Crippen molar-refractivity contribution in [2.24, 2.45) is 11.7 Å². The number of hydrogen-bond acceptors (Lipinski definition) is 3. The van der Waals surface area contributed by atoms with Gasteiger partial charge in [0.1, 0.15) is 0 Å². The van der Waals surface area contributed by atoms with Crippen LogP contribution in [0.15, 0.2) is 24.3 Å². The normalized spacial score (nSPS) is 18.4. The Morgan fingerprint density at radius 2 is 1.85 bits per heavy atom. The average molecular weight is 276 g/mol. The summed E-state index contributed by atoms with van der Waals surface area (Å²) in [6.45, 7) is 0. The monoisotopic (exact) mass is 276 g/mol. The van der Waals surface area contributed by atoms with E-state index in [9.17, 15) is 10.1 Å². The first kappa shape index (κ1) is 15.0. The van der Waals surface area contributed by atoms with Crippen molar-refractivity contribution in [3.8, 4) is 0 Å². The van der Waals surface area contributed by atoms with E-state index >= 15 is 0 Å². The molecule has 110 valence electrons. The van der Waals surface area contributed by atoms with Gasteiger partial charge in [-0.2, -0.15) is 0 Å². The SMILES string of the molecule is NC(Cc1ccccc1[N+](=O)[O-])CC1CCCCCC1. The minimum absolute atomic E-state index is 0.0270. The molecule has 20 heavy (non-hydrogen) atoms. The molecule has 0 aromatic heterocycles. The molecule has 0 radical (unpaired) electrons. The summed E-state index contributed by atoms with van der Waals surface area (Å²) < 4.78 is 0. The Morgan fingerprint density at radius 3 is 2.50 bits per heavy atom. The lowest BCUT2D eigenvalue weighted by molar-refractivity contribution is -0.385. The van der Waals surface area contributed by atoms with Gasteiger partial charge in [0.2, 0.25) is 0 Å². The Bertz CT molecular complexity index is 440. The van der Waals surface area contributed by atoms with E-state index in [4.69, 9.17) is 5.73 Å². The predicted octanol–water partition coefficient (Wildman–Crippen LogP) is 3.83. The third-order valence-electron chi connectivity index (χ3n) is 4.28. The third-order valence-corrected chi connectivity index (χ3v) is 4.28. The fourth-order valence-electron chi connectivity index (χ4n) is 3.26. The minimum atomic E-state index is -0.312. The van der Waals surface area contributed by atoms with Gasteiger partial charge in [-0.15, -0.1) is 0 Å². The summed E-state index contributed by atoms with van der Waals surface area (Å²) in [5.41, 5.74) is 7.19. The second kappa shape index (κ2) is 7.39. The molecule has 4 heteroatoms. The van der Waals surface area contributed by atoms with Crippen LogP contribution in [0.4, 0.5) is 5.69 Å². The van der Waals surface area contributed by atoms with Gasteiger partial charge in [0, 0.05) is 17.7 Å². The van der Waals surface area contributed by atoms with Crippen LogP contribution in [0.3, 0.4) is 0 Å². The number of nitrogens with zero attached hydrogens (tertiary/aromatic N) is 1. The molecule has 0 spiro atoms. The van der Waals surface area contributed by atoms with Crippen LogP contribution in [-0.4, -0.2) is 11.0 Å². The van der Waals surface area contributed by atoms with E-state index in [1.54, 1.807) is 12.1 Å². The number of para-hydroxylation sites is 1. The molecule has 0 heterocycles. The van der Waals surface area contributed by atoms with Gasteiger partial charge in [-0.25, -0.2) is 0 Å². The highest BCUT2D eigenvalue weighted by atomic mass is 16.6. The molecule has 1 unspecified atom stereocenters. The topological polar surface area (TPSA) is 69.2 Å². The second-order valence-corrected chi connectivity index (χ2v) is 5.94. The van der Waals surface area contributed by atoms with Crippen LogP contribution >= 0.6 is 0 Å². The lowest BCUT2D eigenvalue weighted by atomic mass is 9.90. The van der Waals surface area contributed by atoms with Gasteiger partial charge in [-0.3, -0.25) is 10.1 Å². The van der Waals surface area contributed by atoms with Gasteiger partial charge in [0.25, 0.3) is 5.69 Å². The summed E-state index contributed by atoms with van der Waals surface area (Å²) >= 11 is 0. The first-order chi connectivity index (χ1) is 9.66. The smallest absolute Gasteiger partial charge is 0.272 e. The van der Waals surface area contributed by atoms with Crippen molar-refractivity contribution in [2.75, 3.05) is 0 Å². The van der Waals surface area contributed by atoms with E-state index < -0.39 is 0 Å². The Labute approximate surface area is 120 Å². The molecule has 1 aliphatic rings. The zero-order chi connectivity index (χ0) is 14.4. The maximum atomic E-state index is 11.0. The van der Waals surface area contributed by atoms with Gasteiger partial charge in [0.15, 0.2) is 0 Å². The molecular weight excluding hydrogens is 252 g/mol. The molecule has 1 aromatic carbocycles. The largest absolute Gasteiger partial charge is 0.327 e. The molecule has 1 aromatic rings. The Kier molecular flexibility index (Phi) is 5.53. The fraction of sp³-hybridized carbons (Fsp3) is 0.625. The summed E-state index contributed by atoms with van der Waals surface area (Å²) in [6.07, 6.45) is 9.44. The van der Waals surface area contributed by atoms with Crippen molar-refractivity contribution in [3.63, 3.8) is 0 Å². The first-order valence-corrected chi connectivity index (χ1v) is 7.64. The third kappa shape index (κ3) is 4.30. The van der Waals surface area contributed by atoms with Crippen molar-refractivity contribution in [1.29, 1.82) is 0 Å². The van der Waals surface area contributed by atoms with Crippen LogP contribution in [0.1, 0.15) is 50.5 Å². The summed E-state index contributed by atoms with van der Waals surface area (Å²) in [6, 6.07) is 6.97. The van der Waals surface area contributed by atoms with E-state index in [0.29, 0.717) is 12.3 Å². The molecule has 0 aliphatic heterocycles. The van der Waals surface area contributed by atoms with E-state index in [2.05, 4.69) is 0 Å². The molecule has 0 amide bonds. The maximum absolute atomic E-state index is 11.0. The number of nitro groups is 1. The second-order valence-electron chi connectivity index (χ2n) is 5.94. The van der Waals surface area contributed by atoms with Crippen molar-refractivity contribution < 1.29 is 4.92 Å². The van der Waals surface area contributed by atoms with Crippen molar-refractivity contribution in [1.82, 2.24) is 0 Å². The predicted molar refractivity (Wildman–Crippen MR) is 80.6 cm³/mol. The van der Waals surface area contributed by atoms with Gasteiger partial charge < -0.3 is 5.73 Å². The molecule has 0 saturated heterocycles. The summed E-state index contributed by atoms with van der Waals surface area (Å²) in [5.74, 6) is 0.704. The van der Waals surface area contributed by atoms with Crippen LogP contribution in [0, 0.1) is 16.0 Å². The van der Waals surface area contributed by atoms with Crippen molar-refractivity contribution in [3.05, 3.63) is 39.9 Å². The minimum Gasteiger partial charge on any atom is -0.327 e. The number of nitrogens with two attached hydrogens (primary N) is 1. The molecule has 1 atom stereocenters. The van der Waals surface area contributed by atoms with E-state index in [0.717, 1.165) is 12.0 Å². The molecular formula is C16H24N2O2. The molecule has 1 saturated carbocycles. The van der Waals surface area contributed by atoms with Gasteiger partial charge >= 0.3 is 0 Å². The molecule has 2 N–H and O–H groups in total. The highest BCUT2D eigenvalue weighted by Crippen LogP contribution is 2.27. The average Bonchev–Trinajstić information content (AvgIpc) is 2.67. The first-order valence-electron chi connectivity index (χ1n) is 7.64. The Morgan fingerprint density at radius 1 is 1.20 bits per heavy atom. The van der Waals surface area contributed by atoms with E-state index in [-0.39, 0.29) is 16.7 Å². The fourth-order valence-corrected chi connectivity index (χ4v) is 3.26. The zero-order valence-electron chi connectivity index (χ0n) is 12.0. The number of hydrogen-bond donors (Lipinski definition) is 1. The highest BCUT2D eigenvalue weighted by molar-refractivity contribution is 5.40. The standard InChI is InChI=1S/C16H24N2O2/c17-15(11-13-7-3-1-2-4-8-13)12-14-9-5-6-10-16(14)18(19)20/h5-6,9-10,13,15H,1-4,7-8,11-12,17H2. The Hall–Kier alpha value is -1.42. The van der Waals surface area contributed by atoms with E-state index in [1.807, 2.05) is 12.1 Å². The summed E-state index contributed by atoms with van der Waals surface area (Å²) in [7, 11) is 0. The maximum Gasteiger partial charge on any atom is 0.272 e. The molecule has 0 bridgehead atoms.